The van der Waals surface area contributed by atoms with Crippen LogP contribution in [0.4, 0.5) is 0 Å². The van der Waals surface area contributed by atoms with E-state index in [0.717, 1.165) is 15.9 Å². The highest BCUT2D eigenvalue weighted by molar-refractivity contribution is 9.10. The molecule has 6 heteroatoms. The van der Waals surface area contributed by atoms with E-state index in [9.17, 15) is 0 Å². The lowest BCUT2D eigenvalue weighted by molar-refractivity contribution is 0.530. The Labute approximate surface area is 119 Å². The molecule has 0 saturated carbocycles. The molecular formula is C12H14BrClN4. The number of benzene rings is 1. The Kier molecular flexibility index (Phi) is 4.40. The van der Waals surface area contributed by atoms with Gasteiger partial charge in [0.15, 0.2) is 0 Å². The second kappa shape index (κ2) is 5.84. The molecule has 1 heterocycles. The summed E-state index contributed by atoms with van der Waals surface area (Å²) in [5, 5.41) is 0.680. The Bertz CT molecular complexity index is 520. The van der Waals surface area contributed by atoms with Gasteiger partial charge in [-0.3, -0.25) is 11.3 Å². The predicted molar refractivity (Wildman–Crippen MR) is 76.1 cm³/mol. The second-order valence-corrected chi connectivity index (χ2v) is 5.43. The number of rotatable bonds is 4. The van der Waals surface area contributed by atoms with Crippen molar-refractivity contribution in [3.63, 3.8) is 0 Å². The van der Waals surface area contributed by atoms with Gasteiger partial charge in [0.1, 0.15) is 5.82 Å². The van der Waals surface area contributed by atoms with Gasteiger partial charge >= 0.3 is 0 Å². The van der Waals surface area contributed by atoms with E-state index in [1.807, 2.05) is 36.0 Å². The Morgan fingerprint density at radius 3 is 2.83 bits per heavy atom. The Morgan fingerprint density at radius 1 is 1.50 bits per heavy atom. The molecule has 0 amide bonds. The van der Waals surface area contributed by atoms with E-state index < -0.39 is 0 Å². The molecule has 2 aromatic rings. The Balaban J connectivity index is 2.25. The molecule has 1 aromatic carbocycles. The maximum Gasteiger partial charge on any atom is 0.110 e. The smallest absolute Gasteiger partial charge is 0.110 e. The molecule has 2 rings (SSSR count). The molecule has 0 aliphatic rings. The first-order valence-electron chi connectivity index (χ1n) is 5.48. The molecule has 96 valence electrons. The molecule has 4 nitrogen and oxygen atoms in total. The first-order valence-corrected chi connectivity index (χ1v) is 6.65. The molecule has 0 aliphatic heterocycles. The third kappa shape index (κ3) is 3.11. The normalized spacial score (nSPS) is 12.7. The van der Waals surface area contributed by atoms with E-state index in [-0.39, 0.29) is 6.04 Å². The van der Waals surface area contributed by atoms with Crippen molar-refractivity contribution in [3.8, 4) is 0 Å². The number of hydrogen-bond acceptors (Lipinski definition) is 3. The number of aryl methyl sites for hydroxylation is 1. The zero-order chi connectivity index (χ0) is 13.1. The molecule has 0 spiro atoms. The summed E-state index contributed by atoms with van der Waals surface area (Å²) in [6.45, 7) is 0. The van der Waals surface area contributed by atoms with Gasteiger partial charge in [0.2, 0.25) is 0 Å². The highest BCUT2D eigenvalue weighted by atomic mass is 79.9. The standard InChI is InChI=1S/C12H14BrClN4/c1-18-3-2-16-12(18)7-11(17-15)8-4-9(13)6-10(14)5-8/h2-6,11,17H,7,15H2,1H3. The summed E-state index contributed by atoms with van der Waals surface area (Å²) >= 11 is 9.47. The number of hydrogen-bond donors (Lipinski definition) is 2. The van der Waals surface area contributed by atoms with E-state index in [4.69, 9.17) is 17.4 Å². The molecule has 1 aromatic heterocycles. The fourth-order valence-corrected chi connectivity index (χ4v) is 2.71. The third-order valence-electron chi connectivity index (χ3n) is 2.80. The predicted octanol–water partition coefficient (Wildman–Crippen LogP) is 2.58. The van der Waals surface area contributed by atoms with Crippen LogP contribution in [-0.4, -0.2) is 9.55 Å². The summed E-state index contributed by atoms with van der Waals surface area (Å²) in [6.07, 6.45) is 4.39. The van der Waals surface area contributed by atoms with Crippen molar-refractivity contribution < 1.29 is 0 Å². The van der Waals surface area contributed by atoms with Crippen LogP contribution < -0.4 is 11.3 Å². The average Bonchev–Trinajstić information content (AvgIpc) is 2.70. The van der Waals surface area contributed by atoms with Crippen molar-refractivity contribution in [1.29, 1.82) is 0 Å². The SMILES string of the molecule is Cn1ccnc1CC(NN)c1cc(Cl)cc(Br)c1. The van der Waals surface area contributed by atoms with Gasteiger partial charge in [0.25, 0.3) is 0 Å². The summed E-state index contributed by atoms with van der Waals surface area (Å²) in [5.41, 5.74) is 3.83. The maximum atomic E-state index is 6.04. The molecule has 1 unspecified atom stereocenters. The number of imidazole rings is 1. The lowest BCUT2D eigenvalue weighted by Crippen LogP contribution is -2.30. The number of nitrogens with zero attached hydrogens (tertiary/aromatic N) is 2. The van der Waals surface area contributed by atoms with Crippen LogP contribution >= 0.6 is 27.5 Å². The number of halogens is 2. The summed E-state index contributed by atoms with van der Waals surface area (Å²) in [7, 11) is 1.96. The minimum Gasteiger partial charge on any atom is -0.338 e. The summed E-state index contributed by atoms with van der Waals surface area (Å²) in [6, 6.07) is 5.72. The van der Waals surface area contributed by atoms with Crippen LogP contribution in [0.1, 0.15) is 17.4 Å². The van der Waals surface area contributed by atoms with Crippen LogP contribution in [0.25, 0.3) is 0 Å². The van der Waals surface area contributed by atoms with Crippen LogP contribution in [0, 0.1) is 0 Å². The van der Waals surface area contributed by atoms with Gasteiger partial charge < -0.3 is 4.57 Å². The molecule has 0 bridgehead atoms. The second-order valence-electron chi connectivity index (χ2n) is 4.08. The van der Waals surface area contributed by atoms with Gasteiger partial charge in [-0.1, -0.05) is 27.5 Å². The quantitative estimate of drug-likeness (QED) is 0.669. The van der Waals surface area contributed by atoms with Gasteiger partial charge in [0.05, 0.1) is 6.04 Å². The van der Waals surface area contributed by atoms with Crippen molar-refractivity contribution in [2.45, 2.75) is 12.5 Å². The minimum atomic E-state index is -0.0268. The fraction of sp³-hybridized carbons (Fsp3) is 0.250. The zero-order valence-electron chi connectivity index (χ0n) is 9.90. The van der Waals surface area contributed by atoms with Crippen molar-refractivity contribution in [1.82, 2.24) is 15.0 Å². The lowest BCUT2D eigenvalue weighted by atomic mass is 10.0. The Morgan fingerprint density at radius 2 is 2.28 bits per heavy atom. The molecule has 0 saturated heterocycles. The maximum absolute atomic E-state index is 6.04. The van der Waals surface area contributed by atoms with Crippen LogP contribution in [-0.2, 0) is 13.5 Å². The van der Waals surface area contributed by atoms with Crippen LogP contribution in [0.15, 0.2) is 35.1 Å². The summed E-state index contributed by atoms with van der Waals surface area (Å²) in [5.74, 6) is 6.59. The molecule has 3 N–H and O–H groups in total. The average molecular weight is 330 g/mol. The number of aromatic nitrogens is 2. The topological polar surface area (TPSA) is 55.9 Å². The first-order chi connectivity index (χ1) is 8.60. The van der Waals surface area contributed by atoms with Gasteiger partial charge in [-0.15, -0.1) is 0 Å². The molecule has 1 atom stereocenters. The van der Waals surface area contributed by atoms with Crippen molar-refractivity contribution in [2.75, 3.05) is 0 Å². The lowest BCUT2D eigenvalue weighted by Gasteiger charge is -2.16. The van der Waals surface area contributed by atoms with Crippen molar-refractivity contribution >= 4 is 27.5 Å². The van der Waals surface area contributed by atoms with Crippen LogP contribution in [0.2, 0.25) is 5.02 Å². The monoisotopic (exact) mass is 328 g/mol. The van der Waals surface area contributed by atoms with Gasteiger partial charge in [-0.25, -0.2) is 4.98 Å². The van der Waals surface area contributed by atoms with Crippen LogP contribution in [0.5, 0.6) is 0 Å². The molecule has 18 heavy (non-hydrogen) atoms. The molecule has 0 radical (unpaired) electrons. The van der Waals surface area contributed by atoms with E-state index in [1.54, 1.807) is 6.20 Å². The van der Waals surface area contributed by atoms with Gasteiger partial charge in [0, 0.05) is 35.4 Å². The van der Waals surface area contributed by atoms with E-state index >= 15 is 0 Å². The van der Waals surface area contributed by atoms with Crippen molar-refractivity contribution in [3.05, 3.63) is 51.5 Å². The fourth-order valence-electron chi connectivity index (χ4n) is 1.83. The van der Waals surface area contributed by atoms with E-state index in [2.05, 4.69) is 26.3 Å². The number of nitrogens with one attached hydrogen (secondary N) is 1. The molecule has 0 aliphatic carbocycles. The minimum absolute atomic E-state index is 0.0268. The first kappa shape index (κ1) is 13.5. The highest BCUT2D eigenvalue weighted by Gasteiger charge is 2.14. The van der Waals surface area contributed by atoms with E-state index in [0.29, 0.717) is 11.4 Å². The van der Waals surface area contributed by atoms with Crippen molar-refractivity contribution in [2.24, 2.45) is 12.9 Å². The van der Waals surface area contributed by atoms with Gasteiger partial charge in [-0.2, -0.15) is 0 Å². The molecule has 0 fully saturated rings. The van der Waals surface area contributed by atoms with Crippen LogP contribution in [0.3, 0.4) is 0 Å². The summed E-state index contributed by atoms with van der Waals surface area (Å²) < 4.78 is 2.91. The number of hydrazine groups is 1. The zero-order valence-corrected chi connectivity index (χ0v) is 12.2. The molecular weight excluding hydrogens is 316 g/mol. The third-order valence-corrected chi connectivity index (χ3v) is 3.47. The summed E-state index contributed by atoms with van der Waals surface area (Å²) in [4.78, 5) is 4.30. The highest BCUT2D eigenvalue weighted by Crippen LogP contribution is 2.25. The Hall–Kier alpha value is -0.880. The largest absolute Gasteiger partial charge is 0.338 e. The van der Waals surface area contributed by atoms with Gasteiger partial charge in [-0.05, 0) is 23.8 Å². The number of nitrogens with two attached hydrogens (primary N) is 1. The van der Waals surface area contributed by atoms with E-state index in [1.165, 1.54) is 0 Å².